The van der Waals surface area contributed by atoms with E-state index in [9.17, 15) is 8.42 Å². The summed E-state index contributed by atoms with van der Waals surface area (Å²) < 4.78 is 27.1. The highest BCUT2D eigenvalue weighted by atomic mass is 32.2. The monoisotopic (exact) mass is 318 g/mol. The van der Waals surface area contributed by atoms with Gasteiger partial charge in [-0.05, 0) is 38.1 Å². The predicted octanol–water partition coefficient (Wildman–Crippen LogP) is 2.71. The van der Waals surface area contributed by atoms with E-state index in [4.69, 9.17) is 0 Å². The Morgan fingerprint density at radius 2 is 2.00 bits per heavy atom. The average Bonchev–Trinajstić information content (AvgIpc) is 2.89. The van der Waals surface area contributed by atoms with Crippen molar-refractivity contribution in [2.45, 2.75) is 44.2 Å². The molecule has 0 aliphatic rings. The lowest BCUT2D eigenvalue weighted by molar-refractivity contribution is 0.420. The Balaban J connectivity index is 2.75. The highest BCUT2D eigenvalue weighted by Crippen LogP contribution is 2.25. The highest BCUT2D eigenvalue weighted by Gasteiger charge is 2.24. The summed E-state index contributed by atoms with van der Waals surface area (Å²) in [4.78, 5) is 1.12. The standard InChI is InChI=1S/C14H26N2O2S2/c1-4-7-12-16(6-3)20(17,18)14-9-8-13(19-14)10-11-15-5-2/h8-9,15H,4-7,10-12H2,1-3H3. The van der Waals surface area contributed by atoms with Gasteiger partial charge in [0.05, 0.1) is 0 Å². The Bertz CT molecular complexity index is 483. The molecule has 0 bridgehead atoms. The summed E-state index contributed by atoms with van der Waals surface area (Å²) in [6.45, 7) is 9.02. The zero-order valence-electron chi connectivity index (χ0n) is 12.7. The molecule has 20 heavy (non-hydrogen) atoms. The quantitative estimate of drug-likeness (QED) is 0.675. The topological polar surface area (TPSA) is 49.4 Å². The van der Waals surface area contributed by atoms with Crippen LogP contribution in [0.15, 0.2) is 16.3 Å². The third-order valence-electron chi connectivity index (χ3n) is 3.14. The van der Waals surface area contributed by atoms with E-state index in [2.05, 4.69) is 19.2 Å². The van der Waals surface area contributed by atoms with Gasteiger partial charge >= 0.3 is 0 Å². The number of rotatable bonds is 10. The molecule has 1 heterocycles. The highest BCUT2D eigenvalue weighted by molar-refractivity contribution is 7.91. The molecule has 1 aromatic heterocycles. The van der Waals surface area contributed by atoms with Crippen LogP contribution in [0.1, 0.15) is 38.5 Å². The second kappa shape index (κ2) is 8.77. The van der Waals surface area contributed by atoms with Crippen LogP contribution in [0.25, 0.3) is 0 Å². The van der Waals surface area contributed by atoms with E-state index in [0.717, 1.165) is 37.2 Å². The van der Waals surface area contributed by atoms with Crippen LogP contribution < -0.4 is 5.32 Å². The van der Waals surface area contributed by atoms with Crippen molar-refractivity contribution in [3.05, 3.63) is 17.0 Å². The van der Waals surface area contributed by atoms with Crippen molar-refractivity contribution in [1.29, 1.82) is 0 Å². The van der Waals surface area contributed by atoms with E-state index in [1.165, 1.54) is 11.3 Å². The number of likely N-dealkylation sites (N-methyl/N-ethyl adjacent to an activating group) is 1. The number of hydrogen-bond acceptors (Lipinski definition) is 4. The van der Waals surface area contributed by atoms with Crippen molar-refractivity contribution in [1.82, 2.24) is 9.62 Å². The van der Waals surface area contributed by atoms with E-state index in [-0.39, 0.29) is 0 Å². The summed E-state index contributed by atoms with van der Waals surface area (Å²) in [5.74, 6) is 0. The summed E-state index contributed by atoms with van der Waals surface area (Å²) in [5.41, 5.74) is 0. The van der Waals surface area contributed by atoms with Gasteiger partial charge < -0.3 is 5.32 Å². The van der Waals surface area contributed by atoms with Crippen LogP contribution >= 0.6 is 11.3 Å². The fourth-order valence-corrected chi connectivity index (χ4v) is 4.93. The third kappa shape index (κ3) is 4.84. The maximum atomic E-state index is 12.5. The van der Waals surface area contributed by atoms with Crippen LogP contribution in [0, 0.1) is 0 Å². The van der Waals surface area contributed by atoms with Crippen LogP contribution in [0.5, 0.6) is 0 Å². The van der Waals surface area contributed by atoms with Crippen molar-refractivity contribution in [3.8, 4) is 0 Å². The molecular weight excluding hydrogens is 292 g/mol. The molecule has 0 aromatic carbocycles. The molecule has 1 N–H and O–H groups in total. The summed E-state index contributed by atoms with van der Waals surface area (Å²) in [7, 11) is -3.30. The maximum Gasteiger partial charge on any atom is 0.252 e. The van der Waals surface area contributed by atoms with Gasteiger partial charge in [-0.25, -0.2) is 8.42 Å². The smallest absolute Gasteiger partial charge is 0.252 e. The van der Waals surface area contributed by atoms with E-state index >= 15 is 0 Å². The van der Waals surface area contributed by atoms with Crippen molar-refractivity contribution < 1.29 is 8.42 Å². The van der Waals surface area contributed by atoms with Crippen molar-refractivity contribution >= 4 is 21.4 Å². The van der Waals surface area contributed by atoms with E-state index in [1.807, 2.05) is 13.0 Å². The van der Waals surface area contributed by atoms with Gasteiger partial charge in [0.2, 0.25) is 0 Å². The SMILES string of the molecule is CCCCN(CC)S(=O)(=O)c1ccc(CCNCC)s1. The molecule has 6 heteroatoms. The first kappa shape index (κ1) is 17.6. The number of unbranched alkanes of at least 4 members (excludes halogenated alkanes) is 1. The molecule has 0 aliphatic carbocycles. The number of nitrogens with zero attached hydrogens (tertiary/aromatic N) is 1. The Morgan fingerprint density at radius 1 is 1.25 bits per heavy atom. The molecule has 0 unspecified atom stereocenters. The normalized spacial score (nSPS) is 12.2. The molecule has 0 saturated carbocycles. The molecule has 0 amide bonds. The molecule has 0 aliphatic heterocycles. The molecule has 1 aromatic rings. The van der Waals surface area contributed by atoms with Gasteiger partial charge in [-0.1, -0.05) is 27.2 Å². The minimum Gasteiger partial charge on any atom is -0.317 e. The van der Waals surface area contributed by atoms with Gasteiger partial charge in [0.15, 0.2) is 0 Å². The van der Waals surface area contributed by atoms with Crippen LogP contribution in [0.2, 0.25) is 0 Å². The van der Waals surface area contributed by atoms with Crippen LogP contribution in [-0.2, 0) is 16.4 Å². The first-order valence-electron chi connectivity index (χ1n) is 7.35. The molecule has 116 valence electrons. The van der Waals surface area contributed by atoms with E-state index < -0.39 is 10.0 Å². The predicted molar refractivity (Wildman–Crippen MR) is 85.9 cm³/mol. The maximum absolute atomic E-state index is 12.5. The lowest BCUT2D eigenvalue weighted by Gasteiger charge is -2.18. The number of sulfonamides is 1. The fraction of sp³-hybridized carbons (Fsp3) is 0.714. The lowest BCUT2D eigenvalue weighted by atomic mass is 10.3. The average molecular weight is 319 g/mol. The second-order valence-corrected chi connectivity index (χ2v) is 8.01. The zero-order chi connectivity index (χ0) is 15.0. The zero-order valence-corrected chi connectivity index (χ0v) is 14.3. The van der Waals surface area contributed by atoms with Gasteiger partial charge in [-0.2, -0.15) is 4.31 Å². The molecule has 0 atom stereocenters. The molecular formula is C14H26N2O2S2. The minimum atomic E-state index is -3.30. The lowest BCUT2D eigenvalue weighted by Crippen LogP contribution is -2.31. The summed E-state index contributed by atoms with van der Waals surface area (Å²) in [6, 6.07) is 3.68. The number of nitrogens with one attached hydrogen (secondary N) is 1. The Hall–Kier alpha value is -0.430. The van der Waals surface area contributed by atoms with Crippen molar-refractivity contribution in [3.63, 3.8) is 0 Å². The first-order chi connectivity index (χ1) is 9.56. The van der Waals surface area contributed by atoms with Gasteiger partial charge in [-0.3, -0.25) is 0 Å². The summed E-state index contributed by atoms with van der Waals surface area (Å²) in [6.07, 6.45) is 2.80. The van der Waals surface area contributed by atoms with E-state index in [0.29, 0.717) is 17.3 Å². The Labute approximate surface area is 127 Å². The molecule has 0 spiro atoms. The number of hydrogen-bond donors (Lipinski definition) is 1. The van der Waals surface area contributed by atoms with Crippen LogP contribution in [-0.4, -0.2) is 38.9 Å². The van der Waals surface area contributed by atoms with Gasteiger partial charge in [0.25, 0.3) is 10.0 Å². The fourth-order valence-electron chi connectivity index (χ4n) is 1.93. The van der Waals surface area contributed by atoms with Gasteiger partial charge in [0, 0.05) is 18.0 Å². The molecule has 4 nitrogen and oxygen atoms in total. The van der Waals surface area contributed by atoms with Crippen molar-refractivity contribution in [2.24, 2.45) is 0 Å². The number of thiophene rings is 1. The van der Waals surface area contributed by atoms with Gasteiger partial charge in [-0.15, -0.1) is 11.3 Å². The largest absolute Gasteiger partial charge is 0.317 e. The first-order valence-corrected chi connectivity index (χ1v) is 9.61. The molecule has 0 fully saturated rings. The summed E-state index contributed by atoms with van der Waals surface area (Å²) >= 11 is 1.40. The van der Waals surface area contributed by atoms with Gasteiger partial charge in [0.1, 0.15) is 4.21 Å². The van der Waals surface area contributed by atoms with Crippen LogP contribution in [0.4, 0.5) is 0 Å². The summed E-state index contributed by atoms with van der Waals surface area (Å²) in [5, 5.41) is 3.25. The molecule has 1 rings (SSSR count). The van der Waals surface area contributed by atoms with E-state index in [1.54, 1.807) is 10.4 Å². The Morgan fingerprint density at radius 3 is 2.60 bits per heavy atom. The van der Waals surface area contributed by atoms with Crippen LogP contribution in [0.3, 0.4) is 0 Å². The molecule has 0 radical (unpaired) electrons. The molecule has 0 saturated heterocycles. The second-order valence-electron chi connectivity index (χ2n) is 4.67. The minimum absolute atomic E-state index is 0.474. The van der Waals surface area contributed by atoms with Crippen molar-refractivity contribution in [2.75, 3.05) is 26.2 Å². The Kier molecular flexibility index (Phi) is 7.72. The third-order valence-corrected chi connectivity index (χ3v) is 6.73.